The summed E-state index contributed by atoms with van der Waals surface area (Å²) in [6.45, 7) is 1.92. The third-order valence-corrected chi connectivity index (χ3v) is 5.73. The molecule has 11 heteroatoms. The number of methoxy groups -OCH3 is 1. The fourth-order valence-electron chi connectivity index (χ4n) is 2.83. The van der Waals surface area contributed by atoms with E-state index >= 15 is 0 Å². The summed E-state index contributed by atoms with van der Waals surface area (Å²) >= 11 is 0. The van der Waals surface area contributed by atoms with Crippen LogP contribution in [0.5, 0.6) is 5.88 Å². The van der Waals surface area contributed by atoms with E-state index in [0.717, 1.165) is 12.1 Å². The zero-order valence-corrected chi connectivity index (χ0v) is 17.9. The number of aromatic nitrogens is 5. The van der Waals surface area contributed by atoms with E-state index in [0.29, 0.717) is 29.1 Å². The van der Waals surface area contributed by atoms with E-state index in [1.807, 2.05) is 6.92 Å². The molecule has 162 valence electrons. The van der Waals surface area contributed by atoms with E-state index in [1.54, 1.807) is 18.2 Å². The SMILES string of the molecule is CCC#Cc1nnc2ccc(-c3cnc(OC)c(NS(=O)(=O)c4ccc(F)cc4)c3)nn12. The largest absolute Gasteiger partial charge is 0.480 e. The van der Waals surface area contributed by atoms with Gasteiger partial charge in [-0.05, 0) is 48.4 Å². The van der Waals surface area contributed by atoms with Crippen molar-refractivity contribution in [2.45, 2.75) is 18.2 Å². The van der Waals surface area contributed by atoms with Crippen molar-refractivity contribution in [2.24, 2.45) is 0 Å². The summed E-state index contributed by atoms with van der Waals surface area (Å²) in [4.78, 5) is 4.09. The lowest BCUT2D eigenvalue weighted by molar-refractivity contribution is 0.400. The van der Waals surface area contributed by atoms with Crippen LogP contribution in [0, 0.1) is 17.7 Å². The Morgan fingerprint density at radius 1 is 1.16 bits per heavy atom. The van der Waals surface area contributed by atoms with Crippen molar-refractivity contribution in [3.8, 4) is 29.0 Å². The molecule has 1 aromatic carbocycles. The number of anilines is 1. The van der Waals surface area contributed by atoms with Crippen molar-refractivity contribution < 1.29 is 17.5 Å². The zero-order valence-electron chi connectivity index (χ0n) is 17.1. The maximum Gasteiger partial charge on any atom is 0.262 e. The predicted molar refractivity (Wildman–Crippen MR) is 115 cm³/mol. The molecule has 0 atom stereocenters. The average Bonchev–Trinajstić information content (AvgIpc) is 3.20. The number of halogens is 1. The predicted octanol–water partition coefficient (Wildman–Crippen LogP) is 2.90. The van der Waals surface area contributed by atoms with Crippen LogP contribution >= 0.6 is 0 Å². The first kappa shape index (κ1) is 21.2. The number of hydrogen-bond acceptors (Lipinski definition) is 7. The molecule has 0 aliphatic carbocycles. The van der Waals surface area contributed by atoms with Gasteiger partial charge in [0.2, 0.25) is 11.7 Å². The molecule has 0 saturated carbocycles. The minimum atomic E-state index is -4.00. The number of sulfonamides is 1. The van der Waals surface area contributed by atoms with Gasteiger partial charge >= 0.3 is 0 Å². The molecule has 9 nitrogen and oxygen atoms in total. The Balaban J connectivity index is 1.74. The molecule has 0 aliphatic heterocycles. The van der Waals surface area contributed by atoms with Crippen molar-refractivity contribution >= 4 is 21.4 Å². The van der Waals surface area contributed by atoms with E-state index < -0.39 is 15.8 Å². The van der Waals surface area contributed by atoms with Crippen LogP contribution in [0.25, 0.3) is 16.9 Å². The second kappa shape index (κ2) is 8.60. The van der Waals surface area contributed by atoms with E-state index in [-0.39, 0.29) is 16.5 Å². The van der Waals surface area contributed by atoms with Gasteiger partial charge in [0.05, 0.1) is 17.7 Å². The molecule has 4 rings (SSSR count). The van der Waals surface area contributed by atoms with E-state index in [1.165, 1.54) is 30.0 Å². The van der Waals surface area contributed by atoms with E-state index in [2.05, 4.69) is 36.8 Å². The summed E-state index contributed by atoms with van der Waals surface area (Å²) in [6.07, 6.45) is 2.17. The van der Waals surface area contributed by atoms with E-state index in [4.69, 9.17) is 4.74 Å². The fraction of sp³-hybridized carbons (Fsp3) is 0.143. The molecule has 0 saturated heterocycles. The van der Waals surface area contributed by atoms with Gasteiger partial charge in [-0.1, -0.05) is 12.8 Å². The third kappa shape index (κ3) is 4.21. The summed E-state index contributed by atoms with van der Waals surface area (Å²) in [6, 6.07) is 9.45. The first-order valence-corrected chi connectivity index (χ1v) is 10.9. The Hall–Kier alpha value is -4.04. The van der Waals surface area contributed by atoms with Crippen molar-refractivity contribution in [3.05, 3.63) is 60.3 Å². The van der Waals surface area contributed by atoms with Crippen LogP contribution in [-0.4, -0.2) is 40.3 Å². The number of ether oxygens (including phenoxy) is 1. The minimum absolute atomic E-state index is 0.0688. The minimum Gasteiger partial charge on any atom is -0.480 e. The van der Waals surface area contributed by atoms with Crippen molar-refractivity contribution in [2.75, 3.05) is 11.8 Å². The second-order valence-corrected chi connectivity index (χ2v) is 8.19. The van der Waals surface area contributed by atoms with Crippen molar-refractivity contribution in [1.29, 1.82) is 0 Å². The summed E-state index contributed by atoms with van der Waals surface area (Å²) in [5.41, 5.74) is 1.64. The molecule has 0 amide bonds. The van der Waals surface area contributed by atoms with Gasteiger partial charge in [-0.15, -0.1) is 10.2 Å². The number of hydrogen-bond donors (Lipinski definition) is 1. The first-order valence-electron chi connectivity index (χ1n) is 9.45. The average molecular weight is 452 g/mol. The van der Waals surface area contributed by atoms with Crippen LogP contribution in [0.15, 0.2) is 53.6 Å². The number of nitrogens with zero attached hydrogens (tertiary/aromatic N) is 5. The number of pyridine rings is 1. The molecule has 3 heterocycles. The van der Waals surface area contributed by atoms with Crippen LogP contribution in [0.3, 0.4) is 0 Å². The van der Waals surface area contributed by atoms with Gasteiger partial charge in [-0.25, -0.2) is 17.8 Å². The third-order valence-electron chi connectivity index (χ3n) is 4.35. The maximum atomic E-state index is 13.2. The van der Waals surface area contributed by atoms with Crippen molar-refractivity contribution in [1.82, 2.24) is 24.8 Å². The topological polar surface area (TPSA) is 111 Å². The quantitative estimate of drug-likeness (QED) is 0.464. The van der Waals surface area contributed by atoms with Crippen LogP contribution in [-0.2, 0) is 10.0 Å². The number of nitrogens with one attached hydrogen (secondary N) is 1. The molecule has 0 unspecified atom stereocenters. The molecule has 0 spiro atoms. The highest BCUT2D eigenvalue weighted by atomic mass is 32.2. The monoisotopic (exact) mass is 452 g/mol. The lowest BCUT2D eigenvalue weighted by atomic mass is 10.2. The molecule has 0 aliphatic rings. The number of rotatable bonds is 5. The standard InChI is InChI=1S/C21H17FN6O3S/c1-3-4-5-19-24-25-20-11-10-17(26-28(19)20)14-12-18(21(31-2)23-13-14)27-32(29,30)16-8-6-15(22)7-9-16/h6-13,27H,3H2,1-2H3. The highest BCUT2D eigenvalue weighted by Gasteiger charge is 2.19. The van der Waals surface area contributed by atoms with Crippen molar-refractivity contribution in [3.63, 3.8) is 0 Å². The zero-order chi connectivity index (χ0) is 22.7. The van der Waals surface area contributed by atoms with Gasteiger partial charge < -0.3 is 4.74 Å². The van der Waals surface area contributed by atoms with Crippen LogP contribution in [0.1, 0.15) is 19.2 Å². The summed E-state index contributed by atoms with van der Waals surface area (Å²) in [5, 5.41) is 12.6. The van der Waals surface area contributed by atoms with Gasteiger partial charge in [0.15, 0.2) is 5.65 Å². The Morgan fingerprint density at radius 3 is 2.66 bits per heavy atom. The molecule has 1 N–H and O–H groups in total. The fourth-order valence-corrected chi connectivity index (χ4v) is 3.88. The normalized spacial score (nSPS) is 11.1. The smallest absolute Gasteiger partial charge is 0.262 e. The first-order chi connectivity index (χ1) is 15.4. The Morgan fingerprint density at radius 2 is 1.94 bits per heavy atom. The summed E-state index contributed by atoms with van der Waals surface area (Å²) in [7, 11) is -2.63. The van der Waals surface area contributed by atoms with Gasteiger partial charge in [0.1, 0.15) is 11.5 Å². The molecular formula is C21H17FN6O3S. The Labute approximate surface area is 183 Å². The molecule has 0 fully saturated rings. The lowest BCUT2D eigenvalue weighted by Crippen LogP contribution is -2.14. The van der Waals surface area contributed by atoms with Gasteiger partial charge in [-0.2, -0.15) is 9.61 Å². The molecule has 32 heavy (non-hydrogen) atoms. The number of benzene rings is 1. The molecule has 0 radical (unpaired) electrons. The molecule has 0 bridgehead atoms. The molecule has 4 aromatic rings. The van der Waals surface area contributed by atoms with Gasteiger partial charge in [0.25, 0.3) is 10.0 Å². The van der Waals surface area contributed by atoms with Gasteiger partial charge in [0, 0.05) is 18.2 Å². The summed E-state index contributed by atoms with van der Waals surface area (Å²) in [5.74, 6) is 5.75. The Kier molecular flexibility index (Phi) is 5.70. The molecular weight excluding hydrogens is 435 g/mol. The maximum absolute atomic E-state index is 13.2. The van der Waals surface area contributed by atoms with Crippen LogP contribution in [0.4, 0.5) is 10.1 Å². The van der Waals surface area contributed by atoms with E-state index in [9.17, 15) is 12.8 Å². The number of fused-ring (bicyclic) bond motifs is 1. The Bertz CT molecular complexity index is 1460. The summed E-state index contributed by atoms with van der Waals surface area (Å²) < 4.78 is 47.8. The highest BCUT2D eigenvalue weighted by molar-refractivity contribution is 7.92. The van der Waals surface area contributed by atoms with Crippen LogP contribution in [0.2, 0.25) is 0 Å². The molecule has 3 aromatic heterocycles. The van der Waals surface area contributed by atoms with Crippen LogP contribution < -0.4 is 9.46 Å². The second-order valence-electron chi connectivity index (χ2n) is 6.51. The van der Waals surface area contributed by atoms with Gasteiger partial charge in [-0.3, -0.25) is 4.72 Å². The highest BCUT2D eigenvalue weighted by Crippen LogP contribution is 2.29. The lowest BCUT2D eigenvalue weighted by Gasteiger charge is -2.12.